The molecule has 4 rings (SSSR count). The van der Waals surface area contributed by atoms with Gasteiger partial charge in [0.25, 0.3) is 0 Å². The highest BCUT2D eigenvalue weighted by atomic mass is 79.9. The maximum atomic E-state index is 3.77. The third-order valence-corrected chi connectivity index (χ3v) is 7.54. The molecule has 2 aliphatic rings. The van der Waals surface area contributed by atoms with E-state index in [1.165, 1.54) is 31.2 Å². The van der Waals surface area contributed by atoms with Crippen molar-refractivity contribution in [1.82, 2.24) is 0 Å². The summed E-state index contributed by atoms with van der Waals surface area (Å²) in [6.45, 7) is 9.32. The Morgan fingerprint density at radius 3 is 1.48 bits per heavy atom. The first-order chi connectivity index (χ1) is 12.9. The lowest BCUT2D eigenvalue weighted by molar-refractivity contribution is 0.558. The van der Waals surface area contributed by atoms with Crippen LogP contribution in [-0.2, 0) is 0 Å². The summed E-state index contributed by atoms with van der Waals surface area (Å²) in [6, 6.07) is 13.4. The van der Waals surface area contributed by atoms with Crippen LogP contribution in [0, 0.1) is 11.8 Å². The SMILES string of the molecule is CC(C)C1=Cc2c(Br)cccc2C1CC1C(C(C)C)=Cc2c(Br)cccc21. The highest BCUT2D eigenvalue weighted by molar-refractivity contribution is 9.10. The molecular formula is C25H26Br2. The van der Waals surface area contributed by atoms with E-state index in [0.29, 0.717) is 23.7 Å². The van der Waals surface area contributed by atoms with Gasteiger partial charge in [0.2, 0.25) is 0 Å². The quantitative estimate of drug-likeness (QED) is 0.406. The van der Waals surface area contributed by atoms with E-state index in [1.54, 1.807) is 11.1 Å². The second-order valence-electron chi connectivity index (χ2n) is 8.42. The Labute approximate surface area is 180 Å². The first-order valence-corrected chi connectivity index (χ1v) is 11.5. The molecule has 140 valence electrons. The van der Waals surface area contributed by atoms with Gasteiger partial charge in [0, 0.05) is 20.8 Å². The maximum Gasteiger partial charge on any atom is 0.0250 e. The molecule has 2 atom stereocenters. The Morgan fingerprint density at radius 1 is 0.704 bits per heavy atom. The fraction of sp³-hybridized carbons (Fsp3) is 0.360. The van der Waals surface area contributed by atoms with Crippen molar-refractivity contribution >= 4 is 44.0 Å². The van der Waals surface area contributed by atoms with Gasteiger partial charge >= 0.3 is 0 Å². The molecule has 2 unspecified atom stereocenters. The number of fused-ring (bicyclic) bond motifs is 2. The Hall–Kier alpha value is -1.12. The minimum absolute atomic E-state index is 0.495. The highest BCUT2D eigenvalue weighted by Gasteiger charge is 2.35. The number of allylic oxidation sites excluding steroid dienone is 2. The van der Waals surface area contributed by atoms with Gasteiger partial charge in [0.15, 0.2) is 0 Å². The smallest absolute Gasteiger partial charge is 0.0250 e. The first-order valence-electron chi connectivity index (χ1n) is 9.88. The topological polar surface area (TPSA) is 0 Å². The van der Waals surface area contributed by atoms with Crippen LogP contribution in [0.4, 0.5) is 0 Å². The van der Waals surface area contributed by atoms with Crippen LogP contribution in [0.2, 0.25) is 0 Å². The highest BCUT2D eigenvalue weighted by Crippen LogP contribution is 2.52. The molecular weight excluding hydrogens is 460 g/mol. The van der Waals surface area contributed by atoms with E-state index in [2.05, 4.69) is 108 Å². The van der Waals surface area contributed by atoms with Gasteiger partial charge in [-0.3, -0.25) is 0 Å². The van der Waals surface area contributed by atoms with E-state index < -0.39 is 0 Å². The molecule has 2 aliphatic carbocycles. The average molecular weight is 486 g/mol. The minimum Gasteiger partial charge on any atom is -0.0608 e. The van der Waals surface area contributed by atoms with E-state index in [0.717, 1.165) is 6.42 Å². The fourth-order valence-corrected chi connectivity index (χ4v) is 5.81. The molecule has 0 amide bonds. The zero-order valence-corrected chi connectivity index (χ0v) is 19.6. The Morgan fingerprint density at radius 2 is 1.11 bits per heavy atom. The number of rotatable bonds is 4. The van der Waals surface area contributed by atoms with Crippen LogP contribution in [0.1, 0.15) is 68.2 Å². The number of halogens is 2. The van der Waals surface area contributed by atoms with Crippen molar-refractivity contribution in [2.24, 2.45) is 11.8 Å². The summed E-state index contributed by atoms with van der Waals surface area (Å²) >= 11 is 7.54. The lowest BCUT2D eigenvalue weighted by atomic mass is 9.77. The van der Waals surface area contributed by atoms with Gasteiger partial charge < -0.3 is 0 Å². The second-order valence-corrected chi connectivity index (χ2v) is 10.1. The lowest BCUT2D eigenvalue weighted by Crippen LogP contribution is -2.12. The van der Waals surface area contributed by atoms with Gasteiger partial charge in [-0.2, -0.15) is 0 Å². The minimum atomic E-state index is 0.495. The summed E-state index contributed by atoms with van der Waals surface area (Å²) in [6.07, 6.45) is 6.02. The largest absolute Gasteiger partial charge is 0.0608 e. The molecule has 0 fully saturated rings. The van der Waals surface area contributed by atoms with Crippen LogP contribution < -0.4 is 0 Å². The standard InChI is InChI=1S/C25H26Br2/c1-14(2)18-11-22-16(7-5-9-24(22)26)20(18)13-21-17-8-6-10-25(27)23(17)12-19(21)15(3)4/h5-12,14-15,20-21H,13H2,1-4H3. The van der Waals surface area contributed by atoms with Crippen LogP contribution in [0.15, 0.2) is 56.5 Å². The maximum absolute atomic E-state index is 3.77. The molecule has 0 aromatic heterocycles. The van der Waals surface area contributed by atoms with E-state index in [-0.39, 0.29) is 0 Å². The van der Waals surface area contributed by atoms with Gasteiger partial charge in [-0.25, -0.2) is 0 Å². The Balaban J connectivity index is 1.78. The van der Waals surface area contributed by atoms with Gasteiger partial charge in [-0.1, -0.05) is 107 Å². The van der Waals surface area contributed by atoms with Crippen LogP contribution in [0.3, 0.4) is 0 Å². The number of benzene rings is 2. The first kappa shape index (κ1) is 19.2. The zero-order chi connectivity index (χ0) is 19.3. The molecule has 0 saturated carbocycles. The molecule has 2 aromatic carbocycles. The lowest BCUT2D eigenvalue weighted by Gasteiger charge is -2.27. The van der Waals surface area contributed by atoms with Gasteiger partial charge in [0.1, 0.15) is 0 Å². The summed E-state index contributed by atoms with van der Waals surface area (Å²) in [5, 5.41) is 0. The molecule has 0 saturated heterocycles. The molecule has 0 radical (unpaired) electrons. The van der Waals surface area contributed by atoms with E-state index in [1.807, 2.05) is 0 Å². The molecule has 0 heterocycles. The van der Waals surface area contributed by atoms with E-state index in [9.17, 15) is 0 Å². The van der Waals surface area contributed by atoms with Gasteiger partial charge in [-0.15, -0.1) is 0 Å². The third kappa shape index (κ3) is 3.29. The van der Waals surface area contributed by atoms with Crippen LogP contribution in [0.25, 0.3) is 12.2 Å². The van der Waals surface area contributed by atoms with Crippen molar-refractivity contribution in [3.05, 3.63) is 78.7 Å². The summed E-state index contributed by atoms with van der Waals surface area (Å²) in [5.41, 5.74) is 8.88. The summed E-state index contributed by atoms with van der Waals surface area (Å²) in [5.74, 6) is 2.11. The third-order valence-electron chi connectivity index (χ3n) is 6.16. The molecule has 0 bridgehead atoms. The molecule has 0 spiro atoms. The molecule has 27 heavy (non-hydrogen) atoms. The zero-order valence-electron chi connectivity index (χ0n) is 16.4. The average Bonchev–Trinajstić information content (AvgIpc) is 3.17. The van der Waals surface area contributed by atoms with E-state index in [4.69, 9.17) is 0 Å². The van der Waals surface area contributed by atoms with Crippen molar-refractivity contribution < 1.29 is 0 Å². The van der Waals surface area contributed by atoms with Crippen LogP contribution >= 0.6 is 31.9 Å². The molecule has 0 aliphatic heterocycles. The molecule has 2 heteroatoms. The molecule has 0 nitrogen and oxygen atoms in total. The van der Waals surface area contributed by atoms with Gasteiger partial charge in [-0.05, 0) is 52.6 Å². The van der Waals surface area contributed by atoms with Crippen molar-refractivity contribution in [2.45, 2.75) is 46.0 Å². The Bertz CT molecular complexity index is 869. The number of hydrogen-bond donors (Lipinski definition) is 0. The van der Waals surface area contributed by atoms with Crippen LogP contribution in [0.5, 0.6) is 0 Å². The number of hydrogen-bond acceptors (Lipinski definition) is 0. The molecule has 0 N–H and O–H groups in total. The monoisotopic (exact) mass is 484 g/mol. The summed E-state index contributed by atoms with van der Waals surface area (Å²) in [7, 11) is 0. The molecule has 2 aromatic rings. The summed E-state index contributed by atoms with van der Waals surface area (Å²) in [4.78, 5) is 0. The van der Waals surface area contributed by atoms with Crippen molar-refractivity contribution in [3.63, 3.8) is 0 Å². The fourth-order valence-electron chi connectivity index (χ4n) is 4.81. The van der Waals surface area contributed by atoms with E-state index >= 15 is 0 Å². The van der Waals surface area contributed by atoms with Crippen molar-refractivity contribution in [2.75, 3.05) is 0 Å². The predicted molar refractivity (Wildman–Crippen MR) is 124 cm³/mol. The normalized spacial score (nSPS) is 20.7. The van der Waals surface area contributed by atoms with Crippen molar-refractivity contribution in [3.8, 4) is 0 Å². The summed E-state index contributed by atoms with van der Waals surface area (Å²) < 4.78 is 2.43. The Kier molecular flexibility index (Phi) is 5.24. The van der Waals surface area contributed by atoms with Crippen molar-refractivity contribution in [1.29, 1.82) is 0 Å². The predicted octanol–water partition coefficient (Wildman–Crippen LogP) is 8.58. The van der Waals surface area contributed by atoms with Gasteiger partial charge in [0.05, 0.1) is 0 Å². The second kappa shape index (κ2) is 7.37. The van der Waals surface area contributed by atoms with Crippen LogP contribution in [-0.4, -0.2) is 0 Å².